The van der Waals surface area contributed by atoms with Gasteiger partial charge in [-0.15, -0.1) is 0 Å². The molecule has 1 N–H and O–H groups in total. The number of amides is 1. The number of nitrogens with zero attached hydrogens (tertiary/aromatic N) is 1. The number of hydrogen-bond donors (Lipinski definition) is 1. The Kier molecular flexibility index (Phi) is 4.18. The number of nitrogens with one attached hydrogen (secondary N) is 1. The van der Waals surface area contributed by atoms with E-state index in [0.29, 0.717) is 5.02 Å². The third-order valence-electron chi connectivity index (χ3n) is 2.72. The zero-order chi connectivity index (χ0) is 12.1. The first-order valence-electron chi connectivity index (χ1n) is 5.69. The smallest absolute Gasteiger partial charge is 0.246 e. The van der Waals surface area contributed by atoms with Crippen LogP contribution in [0.4, 0.5) is 0 Å². The van der Waals surface area contributed by atoms with Crippen molar-refractivity contribution < 1.29 is 4.79 Å². The number of piperazine rings is 1. The van der Waals surface area contributed by atoms with Crippen molar-refractivity contribution in [2.24, 2.45) is 0 Å². The largest absolute Gasteiger partial charge is 0.337 e. The van der Waals surface area contributed by atoms with Crippen LogP contribution >= 0.6 is 11.6 Å². The van der Waals surface area contributed by atoms with Crippen molar-refractivity contribution in [1.29, 1.82) is 0 Å². The quantitative estimate of drug-likeness (QED) is 0.812. The molecule has 1 aromatic rings. The zero-order valence-electron chi connectivity index (χ0n) is 9.53. The average molecular weight is 251 g/mol. The van der Waals surface area contributed by atoms with E-state index in [9.17, 15) is 4.79 Å². The summed E-state index contributed by atoms with van der Waals surface area (Å²) in [5.41, 5.74) is 0.984. The zero-order valence-corrected chi connectivity index (χ0v) is 10.3. The average Bonchev–Trinajstić information content (AvgIpc) is 2.39. The predicted molar refractivity (Wildman–Crippen MR) is 69.9 cm³/mol. The van der Waals surface area contributed by atoms with E-state index >= 15 is 0 Å². The minimum Gasteiger partial charge on any atom is -0.337 e. The highest BCUT2D eigenvalue weighted by Gasteiger charge is 2.12. The molecule has 1 saturated heterocycles. The SMILES string of the molecule is O=C(C=Cc1ccc(Cl)cc1)N1CCNCC1. The molecule has 1 aromatic carbocycles. The normalized spacial score (nSPS) is 16.4. The number of benzene rings is 1. The lowest BCUT2D eigenvalue weighted by Gasteiger charge is -2.26. The van der Waals surface area contributed by atoms with Crippen LogP contribution in [0.2, 0.25) is 5.02 Å². The van der Waals surface area contributed by atoms with E-state index in [1.165, 1.54) is 0 Å². The highest BCUT2D eigenvalue weighted by Crippen LogP contribution is 2.10. The summed E-state index contributed by atoms with van der Waals surface area (Å²) in [6.07, 6.45) is 3.44. The van der Waals surface area contributed by atoms with Gasteiger partial charge in [-0.1, -0.05) is 23.7 Å². The molecular formula is C13H15ClN2O. The summed E-state index contributed by atoms with van der Waals surface area (Å²) >= 11 is 5.79. The maximum absolute atomic E-state index is 11.8. The van der Waals surface area contributed by atoms with Gasteiger partial charge in [0.15, 0.2) is 0 Å². The topological polar surface area (TPSA) is 32.3 Å². The molecule has 3 nitrogen and oxygen atoms in total. The van der Waals surface area contributed by atoms with Gasteiger partial charge in [0.05, 0.1) is 0 Å². The van der Waals surface area contributed by atoms with Crippen LogP contribution in [-0.2, 0) is 4.79 Å². The van der Waals surface area contributed by atoms with Gasteiger partial charge in [-0.3, -0.25) is 4.79 Å². The maximum Gasteiger partial charge on any atom is 0.246 e. The van der Waals surface area contributed by atoms with Gasteiger partial charge in [0.2, 0.25) is 5.91 Å². The lowest BCUT2D eigenvalue weighted by Crippen LogP contribution is -2.45. The number of halogens is 1. The van der Waals surface area contributed by atoms with Crippen LogP contribution in [0, 0.1) is 0 Å². The van der Waals surface area contributed by atoms with Crippen molar-refractivity contribution in [3.05, 3.63) is 40.9 Å². The molecule has 90 valence electrons. The number of hydrogen-bond acceptors (Lipinski definition) is 2. The van der Waals surface area contributed by atoms with Crippen LogP contribution in [0.25, 0.3) is 6.08 Å². The van der Waals surface area contributed by atoms with Crippen LogP contribution in [0.5, 0.6) is 0 Å². The Bertz CT molecular complexity index is 408. The van der Waals surface area contributed by atoms with Gasteiger partial charge >= 0.3 is 0 Å². The van der Waals surface area contributed by atoms with Crippen molar-refractivity contribution in [1.82, 2.24) is 10.2 Å². The monoisotopic (exact) mass is 250 g/mol. The fourth-order valence-corrected chi connectivity index (χ4v) is 1.86. The summed E-state index contributed by atoms with van der Waals surface area (Å²) in [6, 6.07) is 7.42. The molecule has 0 radical (unpaired) electrons. The summed E-state index contributed by atoms with van der Waals surface area (Å²) in [5, 5.41) is 3.92. The molecule has 0 saturated carbocycles. The number of rotatable bonds is 2. The van der Waals surface area contributed by atoms with Gasteiger partial charge < -0.3 is 10.2 Å². The Morgan fingerprint density at radius 2 is 1.88 bits per heavy atom. The molecule has 0 aliphatic carbocycles. The molecule has 0 unspecified atom stereocenters. The molecule has 1 aliphatic heterocycles. The molecule has 0 spiro atoms. The number of carbonyl (C=O) groups excluding carboxylic acids is 1. The van der Waals surface area contributed by atoms with Crippen LogP contribution in [0.15, 0.2) is 30.3 Å². The molecule has 1 aliphatic rings. The first-order valence-corrected chi connectivity index (χ1v) is 6.07. The van der Waals surface area contributed by atoms with Gasteiger partial charge in [0.25, 0.3) is 0 Å². The van der Waals surface area contributed by atoms with E-state index in [0.717, 1.165) is 31.7 Å². The van der Waals surface area contributed by atoms with Crippen LogP contribution in [0.3, 0.4) is 0 Å². The predicted octanol–water partition coefficient (Wildman–Crippen LogP) is 1.78. The third kappa shape index (κ3) is 3.58. The van der Waals surface area contributed by atoms with E-state index in [2.05, 4.69) is 5.32 Å². The second kappa shape index (κ2) is 5.84. The van der Waals surface area contributed by atoms with Crippen LogP contribution in [-0.4, -0.2) is 37.0 Å². The first-order chi connectivity index (χ1) is 8.25. The third-order valence-corrected chi connectivity index (χ3v) is 2.97. The molecule has 1 amide bonds. The van der Waals surface area contributed by atoms with E-state index < -0.39 is 0 Å². The second-order valence-corrected chi connectivity index (χ2v) is 4.40. The summed E-state index contributed by atoms with van der Waals surface area (Å²) < 4.78 is 0. The Labute approximate surface area is 106 Å². The summed E-state index contributed by atoms with van der Waals surface area (Å²) in [6.45, 7) is 3.31. The highest BCUT2D eigenvalue weighted by molar-refractivity contribution is 6.30. The van der Waals surface area contributed by atoms with E-state index in [1.54, 1.807) is 6.08 Å². The summed E-state index contributed by atoms with van der Waals surface area (Å²) in [5.74, 6) is 0.0708. The molecule has 1 heterocycles. The Morgan fingerprint density at radius 3 is 2.53 bits per heavy atom. The van der Waals surface area contributed by atoms with E-state index in [1.807, 2.05) is 35.2 Å². The van der Waals surface area contributed by atoms with E-state index in [4.69, 9.17) is 11.6 Å². The molecule has 0 bridgehead atoms. The fourth-order valence-electron chi connectivity index (χ4n) is 1.73. The molecule has 1 fully saturated rings. The van der Waals surface area contributed by atoms with Gasteiger partial charge in [-0.2, -0.15) is 0 Å². The van der Waals surface area contributed by atoms with Crippen molar-refractivity contribution in [3.63, 3.8) is 0 Å². The summed E-state index contributed by atoms with van der Waals surface area (Å²) in [7, 11) is 0. The van der Waals surface area contributed by atoms with Crippen molar-refractivity contribution in [2.45, 2.75) is 0 Å². The molecule has 4 heteroatoms. The van der Waals surface area contributed by atoms with Crippen molar-refractivity contribution >= 4 is 23.6 Å². The summed E-state index contributed by atoms with van der Waals surface area (Å²) in [4.78, 5) is 13.7. The van der Waals surface area contributed by atoms with Crippen molar-refractivity contribution in [2.75, 3.05) is 26.2 Å². The van der Waals surface area contributed by atoms with Crippen molar-refractivity contribution in [3.8, 4) is 0 Å². The maximum atomic E-state index is 11.8. The van der Waals surface area contributed by atoms with E-state index in [-0.39, 0.29) is 5.91 Å². The Morgan fingerprint density at radius 1 is 1.24 bits per heavy atom. The van der Waals surface area contributed by atoms with Gasteiger partial charge in [-0.05, 0) is 23.8 Å². The minimum atomic E-state index is 0.0708. The number of carbonyl (C=O) groups is 1. The van der Waals surface area contributed by atoms with Gasteiger partial charge in [0.1, 0.15) is 0 Å². The molecule has 2 rings (SSSR count). The second-order valence-electron chi connectivity index (χ2n) is 3.96. The molecular weight excluding hydrogens is 236 g/mol. The Balaban J connectivity index is 1.95. The lowest BCUT2D eigenvalue weighted by atomic mass is 10.2. The standard InChI is InChI=1S/C13H15ClN2O/c14-12-4-1-11(2-5-12)3-6-13(17)16-9-7-15-8-10-16/h1-6,15H,7-10H2. The fraction of sp³-hybridized carbons (Fsp3) is 0.308. The highest BCUT2D eigenvalue weighted by atomic mass is 35.5. The van der Waals surface area contributed by atoms with Gasteiger partial charge in [-0.25, -0.2) is 0 Å². The molecule has 0 aromatic heterocycles. The lowest BCUT2D eigenvalue weighted by molar-refractivity contribution is -0.126. The van der Waals surface area contributed by atoms with Crippen LogP contribution < -0.4 is 5.32 Å². The minimum absolute atomic E-state index is 0.0708. The van der Waals surface area contributed by atoms with Gasteiger partial charge in [0, 0.05) is 37.3 Å². The molecule has 17 heavy (non-hydrogen) atoms. The Hall–Kier alpha value is -1.32. The first kappa shape index (κ1) is 12.1. The molecule has 0 atom stereocenters. The van der Waals surface area contributed by atoms with Crippen LogP contribution in [0.1, 0.15) is 5.56 Å².